The van der Waals surface area contributed by atoms with Gasteiger partial charge in [-0.25, -0.2) is 0 Å². The molecule has 0 radical (unpaired) electrons. The van der Waals surface area contributed by atoms with E-state index in [0.717, 1.165) is 14.5 Å². The van der Waals surface area contributed by atoms with Crippen molar-refractivity contribution in [1.29, 1.82) is 0 Å². The highest BCUT2D eigenvalue weighted by Gasteiger charge is 2.21. The third-order valence-corrected chi connectivity index (χ3v) is 4.97. The first kappa shape index (κ1) is 14.2. The first-order valence-corrected chi connectivity index (χ1v) is 8.32. The number of aliphatic hydroxyl groups is 1. The second kappa shape index (κ2) is 5.96. The van der Waals surface area contributed by atoms with Crippen molar-refractivity contribution in [3.8, 4) is 0 Å². The van der Waals surface area contributed by atoms with Gasteiger partial charge in [-0.15, -0.1) is 0 Å². The summed E-state index contributed by atoms with van der Waals surface area (Å²) in [5, 5.41) is 10.6. The van der Waals surface area contributed by atoms with Crippen LogP contribution in [-0.2, 0) is 0 Å². The highest BCUT2D eigenvalue weighted by atomic mass is 79.9. The minimum absolute atomic E-state index is 0.652. The van der Waals surface area contributed by atoms with Crippen LogP contribution in [0.25, 0.3) is 0 Å². The molecule has 1 aromatic carbocycles. The van der Waals surface area contributed by atoms with Crippen molar-refractivity contribution in [2.45, 2.75) is 31.3 Å². The van der Waals surface area contributed by atoms with Crippen molar-refractivity contribution >= 4 is 31.9 Å². The maximum atomic E-state index is 10.6. The average molecular weight is 397 g/mol. The van der Waals surface area contributed by atoms with Crippen molar-refractivity contribution in [2.24, 2.45) is 0 Å². The van der Waals surface area contributed by atoms with Crippen molar-refractivity contribution in [2.75, 3.05) is 0 Å². The zero-order valence-corrected chi connectivity index (χ0v) is 14.1. The lowest BCUT2D eigenvalue weighted by atomic mass is 9.79. The molecular weight excluding hydrogens is 382 g/mol. The van der Waals surface area contributed by atoms with Crippen LogP contribution in [0.5, 0.6) is 0 Å². The minimum atomic E-state index is -0.697. The molecule has 20 heavy (non-hydrogen) atoms. The maximum Gasteiger partial charge on any atom is 0.122 e. The van der Waals surface area contributed by atoms with E-state index in [4.69, 9.17) is 0 Å². The monoisotopic (exact) mass is 395 g/mol. The van der Waals surface area contributed by atoms with Gasteiger partial charge in [0.1, 0.15) is 6.10 Å². The summed E-state index contributed by atoms with van der Waals surface area (Å²) >= 11 is 6.84. The van der Waals surface area contributed by atoms with Crippen molar-refractivity contribution in [1.82, 2.24) is 4.98 Å². The largest absolute Gasteiger partial charge is 0.382 e. The second-order valence-corrected chi connectivity index (χ2v) is 6.99. The standard InChI is InChI=1S/C16H15Br2NO/c17-13-8-14(18)15(19-9-13)16(20)12-6-2-5-11(7-12)10-3-1-4-10/h2,5-10,16,20H,1,3-4H2. The van der Waals surface area contributed by atoms with Crippen LogP contribution in [0.4, 0.5) is 0 Å². The molecule has 0 amide bonds. The topological polar surface area (TPSA) is 33.1 Å². The first-order valence-electron chi connectivity index (χ1n) is 6.74. The quantitative estimate of drug-likeness (QED) is 0.795. The number of pyridine rings is 1. The van der Waals surface area contributed by atoms with E-state index in [1.54, 1.807) is 6.20 Å². The molecule has 1 fully saturated rings. The first-order chi connectivity index (χ1) is 9.65. The smallest absolute Gasteiger partial charge is 0.122 e. The van der Waals surface area contributed by atoms with Crippen molar-refractivity contribution < 1.29 is 5.11 Å². The highest BCUT2D eigenvalue weighted by Crippen LogP contribution is 2.37. The van der Waals surface area contributed by atoms with Gasteiger partial charge in [-0.3, -0.25) is 4.98 Å². The Labute approximate surface area is 135 Å². The summed E-state index contributed by atoms with van der Waals surface area (Å²) in [6.45, 7) is 0. The predicted octanol–water partition coefficient (Wildman–Crippen LogP) is 4.96. The van der Waals surface area contributed by atoms with Gasteiger partial charge in [0.25, 0.3) is 0 Å². The number of hydrogen-bond donors (Lipinski definition) is 1. The fourth-order valence-corrected chi connectivity index (χ4v) is 3.71. The van der Waals surface area contributed by atoms with Gasteiger partial charge in [0.15, 0.2) is 0 Å². The number of aliphatic hydroxyl groups excluding tert-OH is 1. The Balaban J connectivity index is 1.91. The molecule has 1 unspecified atom stereocenters. The molecule has 0 aliphatic heterocycles. The third-order valence-electron chi connectivity index (χ3n) is 3.90. The van der Waals surface area contributed by atoms with E-state index in [0.29, 0.717) is 11.6 Å². The SMILES string of the molecule is OC(c1cccc(C2CCC2)c1)c1ncc(Br)cc1Br. The van der Waals surface area contributed by atoms with Crippen LogP contribution in [0.1, 0.15) is 48.1 Å². The molecule has 1 saturated carbocycles. The summed E-state index contributed by atoms with van der Waals surface area (Å²) in [6.07, 6.45) is 4.85. The summed E-state index contributed by atoms with van der Waals surface area (Å²) in [4.78, 5) is 4.32. The normalized spacial score (nSPS) is 16.8. The Kier molecular flexibility index (Phi) is 4.24. The molecule has 1 aliphatic carbocycles. The lowest BCUT2D eigenvalue weighted by Gasteiger charge is -2.26. The Bertz CT molecular complexity index is 626. The molecule has 104 valence electrons. The number of aromatic nitrogens is 1. The molecule has 1 aromatic heterocycles. The lowest BCUT2D eigenvalue weighted by molar-refractivity contribution is 0.214. The van der Waals surface area contributed by atoms with Crippen LogP contribution in [-0.4, -0.2) is 10.1 Å². The zero-order valence-electron chi connectivity index (χ0n) is 10.9. The molecule has 1 heterocycles. The Morgan fingerprint density at radius 3 is 2.65 bits per heavy atom. The van der Waals surface area contributed by atoms with Gasteiger partial charge in [0.05, 0.1) is 5.69 Å². The van der Waals surface area contributed by atoms with Crippen molar-refractivity contribution in [3.05, 3.63) is 62.3 Å². The van der Waals surface area contributed by atoms with E-state index in [1.165, 1.54) is 24.8 Å². The molecule has 2 nitrogen and oxygen atoms in total. The lowest BCUT2D eigenvalue weighted by Crippen LogP contribution is -2.10. The van der Waals surface area contributed by atoms with Crippen LogP contribution in [0.3, 0.4) is 0 Å². The molecule has 1 atom stereocenters. The van der Waals surface area contributed by atoms with Crippen LogP contribution >= 0.6 is 31.9 Å². The van der Waals surface area contributed by atoms with Gasteiger partial charge >= 0.3 is 0 Å². The van der Waals surface area contributed by atoms with Gasteiger partial charge in [0.2, 0.25) is 0 Å². The maximum absolute atomic E-state index is 10.6. The van der Waals surface area contributed by atoms with E-state index >= 15 is 0 Å². The number of hydrogen-bond acceptors (Lipinski definition) is 2. The number of rotatable bonds is 3. The Hall–Kier alpha value is -0.710. The number of benzene rings is 1. The van der Waals surface area contributed by atoms with E-state index in [9.17, 15) is 5.11 Å². The summed E-state index contributed by atoms with van der Waals surface area (Å²) in [5.74, 6) is 0.670. The number of nitrogens with zero attached hydrogens (tertiary/aromatic N) is 1. The summed E-state index contributed by atoms with van der Waals surface area (Å²) < 4.78 is 1.71. The molecule has 0 spiro atoms. The molecule has 1 aliphatic rings. The zero-order chi connectivity index (χ0) is 14.1. The Morgan fingerprint density at radius 1 is 1.20 bits per heavy atom. The van der Waals surface area contributed by atoms with Gasteiger partial charge in [-0.1, -0.05) is 30.7 Å². The highest BCUT2D eigenvalue weighted by molar-refractivity contribution is 9.11. The Morgan fingerprint density at radius 2 is 2.00 bits per heavy atom. The second-order valence-electron chi connectivity index (χ2n) is 5.22. The van der Waals surface area contributed by atoms with E-state index < -0.39 is 6.10 Å². The average Bonchev–Trinajstić information content (AvgIpc) is 2.36. The predicted molar refractivity (Wildman–Crippen MR) is 86.7 cm³/mol. The molecule has 3 rings (SSSR count). The third kappa shape index (κ3) is 2.83. The van der Waals surface area contributed by atoms with Crippen LogP contribution in [0.2, 0.25) is 0 Å². The molecule has 2 aromatic rings. The van der Waals surface area contributed by atoms with Crippen LogP contribution < -0.4 is 0 Å². The van der Waals surface area contributed by atoms with E-state index in [2.05, 4.69) is 49.0 Å². The van der Waals surface area contributed by atoms with Crippen LogP contribution in [0, 0.1) is 0 Å². The van der Waals surface area contributed by atoms with Gasteiger partial charge in [0, 0.05) is 15.1 Å². The van der Waals surface area contributed by atoms with E-state index in [-0.39, 0.29) is 0 Å². The van der Waals surface area contributed by atoms with E-state index in [1.807, 2.05) is 18.2 Å². The summed E-state index contributed by atoms with van der Waals surface area (Å²) in [6, 6.07) is 10.2. The van der Waals surface area contributed by atoms with Gasteiger partial charge < -0.3 is 5.11 Å². The number of halogens is 2. The fourth-order valence-electron chi connectivity index (χ4n) is 2.51. The summed E-state index contributed by atoms with van der Waals surface area (Å²) in [7, 11) is 0. The van der Waals surface area contributed by atoms with Crippen LogP contribution in [0.15, 0.2) is 45.5 Å². The minimum Gasteiger partial charge on any atom is -0.382 e. The molecule has 0 saturated heterocycles. The van der Waals surface area contributed by atoms with Gasteiger partial charge in [-0.05, 0) is 67.8 Å². The summed E-state index contributed by atoms with van der Waals surface area (Å²) in [5.41, 5.74) is 2.89. The molecular formula is C16H15Br2NO. The molecule has 0 bridgehead atoms. The van der Waals surface area contributed by atoms with Crippen molar-refractivity contribution in [3.63, 3.8) is 0 Å². The molecule has 1 N–H and O–H groups in total. The fraction of sp³-hybridized carbons (Fsp3) is 0.312. The molecule has 4 heteroatoms. The van der Waals surface area contributed by atoms with Gasteiger partial charge in [-0.2, -0.15) is 0 Å².